The minimum absolute atomic E-state index is 0.0230. The van der Waals surface area contributed by atoms with Crippen molar-refractivity contribution in [2.24, 2.45) is 0 Å². The highest BCUT2D eigenvalue weighted by molar-refractivity contribution is 8.13. The maximum atomic E-state index is 12.7. The number of thioether (sulfide) groups is 1. The number of oxazole rings is 1. The standard InChI is InChI=1S/C26H22N2O3S/c1-17(13-25(29)32-26-28-23-9-5-6-10-24(23)31-26)21-15-27-22-12-11-19(14-20(21)22)30-16-18-7-3-2-4-8-18/h2-12,14-15,17,27H,13,16H2,1H3/t17-/m1/s1. The molecule has 0 fully saturated rings. The van der Waals surface area contributed by atoms with Gasteiger partial charge in [-0.15, -0.1) is 0 Å². The van der Waals surface area contributed by atoms with Gasteiger partial charge in [-0.2, -0.15) is 0 Å². The molecule has 160 valence electrons. The van der Waals surface area contributed by atoms with Gasteiger partial charge in [-0.3, -0.25) is 4.79 Å². The number of nitrogens with zero attached hydrogens (tertiary/aromatic N) is 1. The summed E-state index contributed by atoms with van der Waals surface area (Å²) in [7, 11) is 0. The van der Waals surface area contributed by atoms with Gasteiger partial charge in [-0.25, -0.2) is 4.98 Å². The van der Waals surface area contributed by atoms with Crippen LogP contribution in [-0.2, 0) is 11.4 Å². The molecular formula is C26H22N2O3S. The summed E-state index contributed by atoms with van der Waals surface area (Å²) < 4.78 is 11.7. The molecule has 6 heteroatoms. The predicted molar refractivity (Wildman–Crippen MR) is 127 cm³/mol. The van der Waals surface area contributed by atoms with E-state index in [1.807, 2.05) is 79.0 Å². The van der Waals surface area contributed by atoms with E-state index in [9.17, 15) is 4.79 Å². The van der Waals surface area contributed by atoms with E-state index in [0.29, 0.717) is 23.8 Å². The van der Waals surface area contributed by atoms with Crippen LogP contribution in [-0.4, -0.2) is 15.1 Å². The van der Waals surface area contributed by atoms with E-state index in [0.717, 1.165) is 45.1 Å². The van der Waals surface area contributed by atoms with Crippen molar-refractivity contribution in [3.63, 3.8) is 0 Å². The summed E-state index contributed by atoms with van der Waals surface area (Å²) >= 11 is 1.06. The van der Waals surface area contributed by atoms with Crippen molar-refractivity contribution in [1.29, 1.82) is 0 Å². The van der Waals surface area contributed by atoms with Crippen molar-refractivity contribution in [3.8, 4) is 5.75 Å². The number of nitrogens with one attached hydrogen (secondary N) is 1. The third-order valence-corrected chi connectivity index (χ3v) is 6.16. The van der Waals surface area contributed by atoms with Crippen molar-refractivity contribution >= 4 is 38.9 Å². The molecule has 0 bridgehead atoms. The van der Waals surface area contributed by atoms with Gasteiger partial charge in [-0.05, 0) is 47.4 Å². The van der Waals surface area contributed by atoms with Crippen LogP contribution in [0.2, 0.25) is 0 Å². The van der Waals surface area contributed by atoms with E-state index in [1.54, 1.807) is 0 Å². The average molecular weight is 443 g/mol. The van der Waals surface area contributed by atoms with E-state index in [1.165, 1.54) is 0 Å². The second kappa shape index (κ2) is 8.93. The highest BCUT2D eigenvalue weighted by Crippen LogP contribution is 2.33. The van der Waals surface area contributed by atoms with Crippen LogP contribution in [0.1, 0.15) is 30.4 Å². The number of rotatable bonds is 7. The number of fused-ring (bicyclic) bond motifs is 2. The molecule has 2 aromatic heterocycles. The molecule has 0 amide bonds. The summed E-state index contributed by atoms with van der Waals surface area (Å²) in [6.45, 7) is 2.58. The first-order valence-corrected chi connectivity index (χ1v) is 11.3. The molecule has 0 saturated carbocycles. The summed E-state index contributed by atoms with van der Waals surface area (Å²) in [5.41, 5.74) is 4.69. The third kappa shape index (κ3) is 4.41. The van der Waals surface area contributed by atoms with Crippen LogP contribution in [0.15, 0.2) is 88.6 Å². The first-order valence-electron chi connectivity index (χ1n) is 10.5. The third-order valence-electron chi connectivity index (χ3n) is 5.41. The number of carbonyl (C=O) groups excluding carboxylic acids is 1. The molecule has 5 rings (SSSR count). The molecule has 0 radical (unpaired) electrons. The second-order valence-corrected chi connectivity index (χ2v) is 8.76. The van der Waals surface area contributed by atoms with Gasteiger partial charge < -0.3 is 14.1 Å². The monoisotopic (exact) mass is 442 g/mol. The smallest absolute Gasteiger partial charge is 0.264 e. The lowest BCUT2D eigenvalue weighted by molar-refractivity contribution is -0.111. The Morgan fingerprint density at radius 3 is 2.75 bits per heavy atom. The Morgan fingerprint density at radius 1 is 1.09 bits per heavy atom. The Balaban J connectivity index is 1.28. The summed E-state index contributed by atoms with van der Waals surface area (Å²) in [6, 6.07) is 23.6. The van der Waals surface area contributed by atoms with Gasteiger partial charge in [0.1, 0.15) is 17.9 Å². The van der Waals surface area contributed by atoms with Gasteiger partial charge in [0.05, 0.1) is 0 Å². The van der Waals surface area contributed by atoms with Gasteiger partial charge in [-0.1, -0.05) is 49.4 Å². The molecule has 32 heavy (non-hydrogen) atoms. The lowest BCUT2D eigenvalue weighted by atomic mass is 9.98. The number of H-pyrrole nitrogens is 1. The van der Waals surface area contributed by atoms with E-state index >= 15 is 0 Å². The molecule has 5 aromatic rings. The minimum atomic E-state index is 0.0230. The zero-order valence-electron chi connectivity index (χ0n) is 17.6. The Morgan fingerprint density at radius 2 is 1.91 bits per heavy atom. The molecule has 0 aliphatic heterocycles. The van der Waals surface area contributed by atoms with Crippen molar-refractivity contribution in [1.82, 2.24) is 9.97 Å². The molecule has 0 spiro atoms. The lowest BCUT2D eigenvalue weighted by Gasteiger charge is -2.10. The molecular weight excluding hydrogens is 420 g/mol. The van der Waals surface area contributed by atoms with Gasteiger partial charge in [0.25, 0.3) is 5.22 Å². The summed E-state index contributed by atoms with van der Waals surface area (Å²) in [6.07, 6.45) is 2.36. The largest absolute Gasteiger partial charge is 0.489 e. The zero-order chi connectivity index (χ0) is 21.9. The quantitative estimate of drug-likeness (QED) is 0.284. The van der Waals surface area contributed by atoms with Crippen LogP contribution in [0, 0.1) is 0 Å². The number of hydrogen-bond donors (Lipinski definition) is 1. The summed E-state index contributed by atoms with van der Waals surface area (Å²) in [4.78, 5) is 20.4. The van der Waals surface area contributed by atoms with Crippen LogP contribution >= 0.6 is 11.8 Å². The van der Waals surface area contributed by atoms with Gasteiger partial charge in [0.15, 0.2) is 10.7 Å². The fourth-order valence-electron chi connectivity index (χ4n) is 3.75. The topological polar surface area (TPSA) is 68.1 Å². The normalized spacial score (nSPS) is 12.3. The lowest BCUT2D eigenvalue weighted by Crippen LogP contribution is -2.00. The Bertz CT molecular complexity index is 1340. The molecule has 2 heterocycles. The average Bonchev–Trinajstić information content (AvgIpc) is 3.41. The van der Waals surface area contributed by atoms with E-state index in [4.69, 9.17) is 9.15 Å². The van der Waals surface area contributed by atoms with Gasteiger partial charge >= 0.3 is 0 Å². The zero-order valence-corrected chi connectivity index (χ0v) is 18.4. The van der Waals surface area contributed by atoms with E-state index in [-0.39, 0.29) is 11.0 Å². The highest BCUT2D eigenvalue weighted by atomic mass is 32.2. The molecule has 5 nitrogen and oxygen atoms in total. The second-order valence-electron chi connectivity index (χ2n) is 7.75. The van der Waals surface area contributed by atoms with Crippen molar-refractivity contribution in [2.45, 2.75) is 31.1 Å². The van der Waals surface area contributed by atoms with Crippen LogP contribution in [0.3, 0.4) is 0 Å². The minimum Gasteiger partial charge on any atom is -0.489 e. The van der Waals surface area contributed by atoms with E-state index in [2.05, 4.69) is 16.9 Å². The van der Waals surface area contributed by atoms with Gasteiger partial charge in [0, 0.05) is 35.3 Å². The number of aromatic nitrogens is 2. The molecule has 0 unspecified atom stereocenters. The first-order chi connectivity index (χ1) is 15.7. The molecule has 1 N–H and O–H groups in total. The first kappa shape index (κ1) is 20.4. The molecule has 1 atom stereocenters. The Hall–Kier alpha value is -3.51. The highest BCUT2D eigenvalue weighted by Gasteiger charge is 2.18. The fraction of sp³-hybridized carbons (Fsp3) is 0.154. The predicted octanol–water partition coefficient (Wildman–Crippen LogP) is 6.70. The summed E-state index contributed by atoms with van der Waals surface area (Å²) in [5, 5.41) is 1.48. The van der Waals surface area contributed by atoms with E-state index < -0.39 is 0 Å². The number of carbonyl (C=O) groups is 1. The van der Waals surface area contributed by atoms with Crippen molar-refractivity contribution in [3.05, 3.63) is 90.1 Å². The van der Waals surface area contributed by atoms with Crippen LogP contribution in [0.5, 0.6) is 5.75 Å². The number of para-hydroxylation sites is 2. The maximum absolute atomic E-state index is 12.7. The van der Waals surface area contributed by atoms with Gasteiger partial charge in [0.2, 0.25) is 0 Å². The summed E-state index contributed by atoms with van der Waals surface area (Å²) in [5.74, 6) is 0.846. The molecule has 0 aliphatic rings. The molecule has 0 saturated heterocycles. The SMILES string of the molecule is C[C@H](CC(=O)Sc1nc2ccccc2o1)c1c[nH]c2ccc(OCc3ccccc3)cc12. The molecule has 0 aliphatic carbocycles. The number of ether oxygens (including phenoxy) is 1. The van der Waals surface area contributed by atoms with Crippen LogP contribution in [0.4, 0.5) is 0 Å². The Labute approximate surface area is 189 Å². The maximum Gasteiger partial charge on any atom is 0.264 e. The Kier molecular flexibility index (Phi) is 5.69. The van der Waals surface area contributed by atoms with Crippen LogP contribution in [0.25, 0.3) is 22.0 Å². The fourth-order valence-corrected chi connectivity index (χ4v) is 4.56. The van der Waals surface area contributed by atoms with Crippen molar-refractivity contribution in [2.75, 3.05) is 0 Å². The number of aromatic amines is 1. The van der Waals surface area contributed by atoms with Crippen molar-refractivity contribution < 1.29 is 13.9 Å². The number of benzene rings is 3. The number of hydrogen-bond acceptors (Lipinski definition) is 5. The van der Waals surface area contributed by atoms with Crippen LogP contribution < -0.4 is 4.74 Å². The molecule has 3 aromatic carbocycles.